The first-order chi connectivity index (χ1) is 10.9. The van der Waals surface area contributed by atoms with Crippen LogP contribution in [0.3, 0.4) is 0 Å². The lowest BCUT2D eigenvalue weighted by atomic mass is 10.00. The zero-order chi connectivity index (χ0) is 14.8. The Morgan fingerprint density at radius 1 is 0.500 bits per heavy atom. The first kappa shape index (κ1) is 12.7. The monoisotopic (exact) mass is 278 g/mol. The zero-order valence-corrected chi connectivity index (χ0v) is 12.1. The molecule has 0 heterocycles. The molecule has 0 bridgehead atoms. The smallest absolute Gasteiger partial charge is 0.0327 e. The predicted molar refractivity (Wildman–Crippen MR) is 93.9 cm³/mol. The van der Waals surface area contributed by atoms with Crippen LogP contribution in [0.5, 0.6) is 0 Å². The maximum absolute atomic E-state index is 3.32. The average Bonchev–Trinajstić information content (AvgIpc) is 2.59. The van der Waals surface area contributed by atoms with Gasteiger partial charge in [0.1, 0.15) is 0 Å². The van der Waals surface area contributed by atoms with Crippen molar-refractivity contribution in [1.29, 1.82) is 0 Å². The molecular weight excluding hydrogens is 264 g/mol. The molecule has 0 aliphatic rings. The van der Waals surface area contributed by atoms with Crippen molar-refractivity contribution in [3.63, 3.8) is 0 Å². The van der Waals surface area contributed by atoms with Gasteiger partial charge >= 0.3 is 0 Å². The molecule has 0 saturated heterocycles. The second-order valence-electron chi connectivity index (χ2n) is 5.34. The van der Waals surface area contributed by atoms with E-state index in [1.807, 2.05) is 30.3 Å². The van der Waals surface area contributed by atoms with Crippen LogP contribution in [0.15, 0.2) is 84.9 Å². The Kier molecular flexibility index (Phi) is 3.11. The van der Waals surface area contributed by atoms with Crippen LogP contribution in [0.4, 0.5) is 0 Å². The van der Waals surface area contributed by atoms with E-state index in [0.717, 1.165) is 11.1 Å². The van der Waals surface area contributed by atoms with E-state index in [0.29, 0.717) is 0 Å². The maximum Gasteiger partial charge on any atom is 0.0327 e. The number of fused-ring (bicyclic) bond motifs is 2. The molecular formula is C22H14. The van der Waals surface area contributed by atoms with Crippen molar-refractivity contribution in [2.45, 2.75) is 0 Å². The molecule has 22 heavy (non-hydrogen) atoms. The number of rotatable bonds is 0. The molecule has 0 aliphatic heterocycles. The average molecular weight is 278 g/mol. The Balaban J connectivity index is 1.91. The zero-order valence-electron chi connectivity index (χ0n) is 12.1. The van der Waals surface area contributed by atoms with E-state index in [-0.39, 0.29) is 0 Å². The van der Waals surface area contributed by atoms with Gasteiger partial charge in [-0.15, -0.1) is 0 Å². The molecule has 0 unspecified atom stereocenters. The summed E-state index contributed by atoms with van der Waals surface area (Å²) in [5.41, 5.74) is 2.12. The Labute approximate surface area is 130 Å². The molecule has 102 valence electrons. The first-order valence-electron chi connectivity index (χ1n) is 7.39. The number of hydrogen-bond acceptors (Lipinski definition) is 0. The van der Waals surface area contributed by atoms with Crippen LogP contribution in [0.25, 0.3) is 21.5 Å². The SMILES string of the molecule is C(#Cc1cccc2cc3ccccc3cc12)c1ccccc1. The van der Waals surface area contributed by atoms with Crippen molar-refractivity contribution in [1.82, 2.24) is 0 Å². The molecule has 4 aromatic carbocycles. The predicted octanol–water partition coefficient (Wildman–Crippen LogP) is 5.39. The first-order valence-corrected chi connectivity index (χ1v) is 7.39. The summed E-state index contributed by atoms with van der Waals surface area (Å²) < 4.78 is 0. The van der Waals surface area contributed by atoms with Crippen LogP contribution in [0, 0.1) is 11.8 Å². The summed E-state index contributed by atoms with van der Waals surface area (Å²) in [5.74, 6) is 6.57. The highest BCUT2D eigenvalue weighted by Gasteiger charge is 2.01. The van der Waals surface area contributed by atoms with Crippen molar-refractivity contribution in [2.24, 2.45) is 0 Å². The lowest BCUT2D eigenvalue weighted by Crippen LogP contribution is -1.82. The summed E-state index contributed by atoms with van der Waals surface area (Å²) in [7, 11) is 0. The topological polar surface area (TPSA) is 0 Å². The van der Waals surface area contributed by atoms with Crippen molar-refractivity contribution >= 4 is 21.5 Å². The number of benzene rings is 4. The van der Waals surface area contributed by atoms with Gasteiger partial charge < -0.3 is 0 Å². The highest BCUT2D eigenvalue weighted by molar-refractivity contribution is 6.00. The van der Waals surface area contributed by atoms with E-state index < -0.39 is 0 Å². The highest BCUT2D eigenvalue weighted by Crippen LogP contribution is 2.25. The normalized spacial score (nSPS) is 10.4. The van der Waals surface area contributed by atoms with Crippen LogP contribution in [-0.2, 0) is 0 Å². The molecule has 4 rings (SSSR count). The number of hydrogen-bond donors (Lipinski definition) is 0. The summed E-state index contributed by atoms with van der Waals surface area (Å²) in [6.07, 6.45) is 0. The Bertz CT molecular complexity index is 1020. The summed E-state index contributed by atoms with van der Waals surface area (Å²) in [5, 5.41) is 4.97. The lowest BCUT2D eigenvalue weighted by Gasteiger charge is -2.04. The second kappa shape index (κ2) is 5.39. The quantitative estimate of drug-likeness (QED) is 0.299. The molecule has 0 aromatic heterocycles. The van der Waals surface area contributed by atoms with E-state index in [9.17, 15) is 0 Å². The van der Waals surface area contributed by atoms with Crippen molar-refractivity contribution in [3.05, 3.63) is 96.1 Å². The molecule has 0 aliphatic carbocycles. The van der Waals surface area contributed by atoms with E-state index in [1.54, 1.807) is 0 Å². The van der Waals surface area contributed by atoms with Gasteiger partial charge in [0, 0.05) is 11.1 Å². The Morgan fingerprint density at radius 3 is 2.00 bits per heavy atom. The van der Waals surface area contributed by atoms with E-state index >= 15 is 0 Å². The largest absolute Gasteiger partial charge is 0.0622 e. The van der Waals surface area contributed by atoms with Gasteiger partial charge in [0.15, 0.2) is 0 Å². The fraction of sp³-hybridized carbons (Fsp3) is 0. The molecule has 0 nitrogen and oxygen atoms in total. The molecule has 0 spiro atoms. The van der Waals surface area contributed by atoms with E-state index in [4.69, 9.17) is 0 Å². The van der Waals surface area contributed by atoms with Gasteiger partial charge in [-0.05, 0) is 51.9 Å². The molecule has 0 atom stereocenters. The van der Waals surface area contributed by atoms with Crippen LogP contribution in [0.1, 0.15) is 11.1 Å². The Hall–Kier alpha value is -3.04. The third kappa shape index (κ3) is 2.34. The highest BCUT2D eigenvalue weighted by atomic mass is 14.0. The van der Waals surface area contributed by atoms with Gasteiger partial charge in [-0.1, -0.05) is 66.4 Å². The van der Waals surface area contributed by atoms with E-state index in [2.05, 4.69) is 66.4 Å². The van der Waals surface area contributed by atoms with Gasteiger partial charge in [0.2, 0.25) is 0 Å². The van der Waals surface area contributed by atoms with Gasteiger partial charge in [0.25, 0.3) is 0 Å². The minimum Gasteiger partial charge on any atom is -0.0622 e. The van der Waals surface area contributed by atoms with Gasteiger partial charge in [-0.2, -0.15) is 0 Å². The van der Waals surface area contributed by atoms with Gasteiger partial charge in [-0.3, -0.25) is 0 Å². The van der Waals surface area contributed by atoms with Crippen molar-refractivity contribution in [2.75, 3.05) is 0 Å². The lowest BCUT2D eigenvalue weighted by molar-refractivity contribution is 1.64. The minimum absolute atomic E-state index is 1.04. The van der Waals surface area contributed by atoms with Gasteiger partial charge in [-0.25, -0.2) is 0 Å². The summed E-state index contributed by atoms with van der Waals surface area (Å²) in [6.45, 7) is 0. The summed E-state index contributed by atoms with van der Waals surface area (Å²) in [6, 6.07) is 29.3. The molecule has 0 radical (unpaired) electrons. The fourth-order valence-corrected chi connectivity index (χ4v) is 2.74. The third-order valence-electron chi connectivity index (χ3n) is 3.86. The standard InChI is InChI=1S/C22H14/c1-2-7-17(8-3-1)13-14-18-11-6-12-21-15-19-9-4-5-10-20(19)16-22(18)21/h1-12,15-16H. The molecule has 0 saturated carbocycles. The van der Waals surface area contributed by atoms with Gasteiger partial charge in [0.05, 0.1) is 0 Å². The molecule has 0 N–H and O–H groups in total. The van der Waals surface area contributed by atoms with Crippen molar-refractivity contribution < 1.29 is 0 Å². The third-order valence-corrected chi connectivity index (χ3v) is 3.86. The van der Waals surface area contributed by atoms with Crippen LogP contribution >= 0.6 is 0 Å². The Morgan fingerprint density at radius 2 is 1.18 bits per heavy atom. The van der Waals surface area contributed by atoms with Crippen molar-refractivity contribution in [3.8, 4) is 11.8 Å². The van der Waals surface area contributed by atoms with Crippen LogP contribution in [0.2, 0.25) is 0 Å². The minimum atomic E-state index is 1.04. The second-order valence-corrected chi connectivity index (χ2v) is 5.34. The molecule has 0 fully saturated rings. The van der Waals surface area contributed by atoms with Crippen LogP contribution in [-0.4, -0.2) is 0 Å². The summed E-state index contributed by atoms with van der Waals surface area (Å²) in [4.78, 5) is 0. The van der Waals surface area contributed by atoms with Crippen LogP contribution < -0.4 is 0 Å². The van der Waals surface area contributed by atoms with E-state index in [1.165, 1.54) is 21.5 Å². The maximum atomic E-state index is 3.32. The molecule has 0 heteroatoms. The molecule has 0 amide bonds. The summed E-state index contributed by atoms with van der Waals surface area (Å²) >= 11 is 0. The fourth-order valence-electron chi connectivity index (χ4n) is 2.74. The molecule has 4 aromatic rings.